The fourth-order valence-electron chi connectivity index (χ4n) is 6.77. The van der Waals surface area contributed by atoms with Crippen LogP contribution in [0, 0.1) is 19.7 Å². The van der Waals surface area contributed by atoms with Crippen LogP contribution in [0.2, 0.25) is 0 Å². The van der Waals surface area contributed by atoms with Crippen molar-refractivity contribution in [2.45, 2.75) is 53.9 Å². The molecule has 0 bridgehead atoms. The molecule has 230 valence electrons. The van der Waals surface area contributed by atoms with Crippen molar-refractivity contribution < 1.29 is 9.13 Å². The van der Waals surface area contributed by atoms with Crippen LogP contribution >= 0.6 is 0 Å². The van der Waals surface area contributed by atoms with Crippen molar-refractivity contribution in [2.24, 2.45) is 0 Å². The largest absolute Gasteiger partial charge is 0.457 e. The van der Waals surface area contributed by atoms with Crippen molar-refractivity contribution in [1.29, 1.82) is 0 Å². The molecule has 0 aliphatic rings. The van der Waals surface area contributed by atoms with Gasteiger partial charge in [-0.3, -0.25) is 4.57 Å². The monoisotopic (exact) mass is 608 g/mol. The lowest BCUT2D eigenvalue weighted by Crippen LogP contribution is -2.01. The van der Waals surface area contributed by atoms with Crippen molar-refractivity contribution in [3.05, 3.63) is 131 Å². The van der Waals surface area contributed by atoms with Crippen LogP contribution in [-0.4, -0.2) is 19.3 Å². The van der Waals surface area contributed by atoms with E-state index in [0.717, 1.165) is 58.1 Å². The van der Waals surface area contributed by atoms with E-state index >= 15 is 0 Å². The first-order valence-corrected chi connectivity index (χ1v) is 16.0. The lowest BCUT2D eigenvalue weighted by molar-refractivity contribution is 0.482. The maximum Gasteiger partial charge on any atom is 0.140 e. The van der Waals surface area contributed by atoms with Gasteiger partial charge in [-0.15, -0.1) is 0 Å². The summed E-state index contributed by atoms with van der Waals surface area (Å²) in [5.74, 6) is 1.57. The van der Waals surface area contributed by atoms with Gasteiger partial charge in [0.1, 0.15) is 23.1 Å². The molecule has 0 spiro atoms. The molecule has 0 saturated carbocycles. The third-order valence-electron chi connectivity index (χ3n) is 8.95. The molecule has 0 saturated heterocycles. The number of para-hydroxylation sites is 1. The van der Waals surface area contributed by atoms with E-state index in [1.807, 2.05) is 57.8 Å². The summed E-state index contributed by atoms with van der Waals surface area (Å²) < 4.78 is 24.8. The summed E-state index contributed by atoms with van der Waals surface area (Å²) in [4.78, 5) is 4.48. The zero-order valence-electron chi connectivity index (χ0n) is 26.9. The van der Waals surface area contributed by atoms with Crippen LogP contribution < -0.4 is 4.74 Å². The molecule has 0 aliphatic carbocycles. The minimum Gasteiger partial charge on any atom is -0.457 e. The number of pyridine rings is 1. The molecule has 0 radical (unpaired) electrons. The van der Waals surface area contributed by atoms with Gasteiger partial charge in [-0.25, -0.2) is 14.1 Å². The van der Waals surface area contributed by atoms with Gasteiger partial charge in [0.05, 0.1) is 22.4 Å². The Morgan fingerprint density at radius 2 is 1.43 bits per heavy atom. The van der Waals surface area contributed by atoms with Gasteiger partial charge in [0.15, 0.2) is 0 Å². The number of aromatic nitrogens is 4. The zero-order valence-corrected chi connectivity index (χ0v) is 26.9. The molecule has 7 rings (SSSR count). The van der Waals surface area contributed by atoms with Gasteiger partial charge in [-0.05, 0) is 91.8 Å². The lowest BCUT2D eigenvalue weighted by atomic mass is 9.88. The quantitative estimate of drug-likeness (QED) is 0.172. The van der Waals surface area contributed by atoms with E-state index in [4.69, 9.17) is 9.84 Å². The number of ether oxygens (including phenoxy) is 1. The summed E-state index contributed by atoms with van der Waals surface area (Å²) >= 11 is 0. The fourth-order valence-corrected chi connectivity index (χ4v) is 6.77. The molecule has 5 nitrogen and oxygen atoms in total. The van der Waals surface area contributed by atoms with Crippen LogP contribution in [0.15, 0.2) is 97.2 Å². The number of hydrogen-bond acceptors (Lipinski definition) is 3. The molecule has 0 N–H and O–H groups in total. The maximum atomic E-state index is 14.3. The molecule has 3 aromatic heterocycles. The van der Waals surface area contributed by atoms with E-state index in [-0.39, 0.29) is 5.82 Å². The fraction of sp³-hybridized carbons (Fsp3) is 0.200. The standard InChI is InChI=1S/C40H37FN4O/c1-6-27-20-28(7-2)40(29(8-3)21-27)39-25(4)43-45(26(39)5)31-12-11-13-32(23-31)46-33-16-17-35-34-14-9-10-15-36(34)44(37(35)24-33)38-22-30(41)18-19-42-38/h9-24H,6-8H2,1-5H3. The maximum absolute atomic E-state index is 14.3. The van der Waals surface area contributed by atoms with Crippen LogP contribution in [-0.2, 0) is 19.3 Å². The number of nitrogens with zero attached hydrogens (tertiary/aromatic N) is 4. The first kappa shape index (κ1) is 29.5. The molecule has 3 heterocycles. The second-order valence-corrected chi connectivity index (χ2v) is 11.8. The normalized spacial score (nSPS) is 11.5. The number of halogens is 1. The Morgan fingerprint density at radius 1 is 0.696 bits per heavy atom. The van der Waals surface area contributed by atoms with E-state index in [1.54, 1.807) is 0 Å². The van der Waals surface area contributed by atoms with Gasteiger partial charge in [-0.2, -0.15) is 5.10 Å². The highest BCUT2D eigenvalue weighted by Crippen LogP contribution is 2.38. The van der Waals surface area contributed by atoms with Gasteiger partial charge in [0.25, 0.3) is 0 Å². The van der Waals surface area contributed by atoms with E-state index in [1.165, 1.54) is 46.1 Å². The Bertz CT molecular complexity index is 2220. The van der Waals surface area contributed by atoms with Crippen molar-refractivity contribution in [2.75, 3.05) is 0 Å². The Morgan fingerprint density at radius 3 is 2.17 bits per heavy atom. The van der Waals surface area contributed by atoms with Crippen molar-refractivity contribution in [3.63, 3.8) is 0 Å². The molecule has 0 fully saturated rings. The minimum atomic E-state index is -0.331. The molecule has 0 amide bonds. The van der Waals surface area contributed by atoms with E-state index in [9.17, 15) is 4.39 Å². The summed E-state index contributed by atoms with van der Waals surface area (Å²) in [5.41, 5.74) is 11.6. The third kappa shape index (κ3) is 5.04. The molecular weight excluding hydrogens is 571 g/mol. The van der Waals surface area contributed by atoms with Gasteiger partial charge in [0, 0.05) is 46.4 Å². The molecule has 4 aromatic carbocycles. The summed E-state index contributed by atoms with van der Waals surface area (Å²) in [7, 11) is 0. The van der Waals surface area contributed by atoms with E-state index < -0.39 is 0 Å². The second-order valence-electron chi connectivity index (χ2n) is 11.8. The predicted octanol–water partition coefficient (Wildman–Crippen LogP) is 10.3. The molecule has 0 atom stereocenters. The highest BCUT2D eigenvalue weighted by atomic mass is 19.1. The van der Waals surface area contributed by atoms with Crippen LogP contribution in [0.5, 0.6) is 11.5 Å². The van der Waals surface area contributed by atoms with Gasteiger partial charge in [0.2, 0.25) is 0 Å². The Balaban J connectivity index is 1.28. The molecular formula is C40H37FN4O. The van der Waals surface area contributed by atoms with Crippen molar-refractivity contribution >= 4 is 21.8 Å². The predicted molar refractivity (Wildman–Crippen MR) is 185 cm³/mol. The lowest BCUT2D eigenvalue weighted by Gasteiger charge is -2.16. The smallest absolute Gasteiger partial charge is 0.140 e. The number of hydrogen-bond donors (Lipinski definition) is 0. The van der Waals surface area contributed by atoms with Crippen molar-refractivity contribution in [3.8, 4) is 34.1 Å². The molecule has 46 heavy (non-hydrogen) atoms. The van der Waals surface area contributed by atoms with E-state index in [0.29, 0.717) is 17.3 Å². The van der Waals surface area contributed by atoms with E-state index in [2.05, 4.69) is 69.9 Å². The Labute approximate surface area is 268 Å². The zero-order chi connectivity index (χ0) is 31.9. The molecule has 0 unspecified atom stereocenters. The summed E-state index contributed by atoms with van der Waals surface area (Å²) in [5, 5.41) is 7.15. The first-order valence-electron chi connectivity index (χ1n) is 16.0. The molecule has 0 aliphatic heterocycles. The Kier molecular flexibility index (Phi) is 7.65. The minimum absolute atomic E-state index is 0.331. The van der Waals surface area contributed by atoms with Crippen LogP contribution in [0.4, 0.5) is 4.39 Å². The van der Waals surface area contributed by atoms with Gasteiger partial charge < -0.3 is 4.74 Å². The van der Waals surface area contributed by atoms with Crippen LogP contribution in [0.1, 0.15) is 48.8 Å². The van der Waals surface area contributed by atoms with Gasteiger partial charge in [-0.1, -0.05) is 57.2 Å². The van der Waals surface area contributed by atoms with Crippen LogP contribution in [0.3, 0.4) is 0 Å². The second kappa shape index (κ2) is 11.9. The summed E-state index contributed by atoms with van der Waals surface area (Å²) in [6, 6.07) is 29.7. The number of benzene rings is 4. The summed E-state index contributed by atoms with van der Waals surface area (Å²) in [6.07, 6.45) is 4.47. The number of rotatable bonds is 8. The highest BCUT2D eigenvalue weighted by Gasteiger charge is 2.21. The van der Waals surface area contributed by atoms with Crippen molar-refractivity contribution in [1.82, 2.24) is 19.3 Å². The third-order valence-corrected chi connectivity index (χ3v) is 8.95. The van der Waals surface area contributed by atoms with Gasteiger partial charge >= 0.3 is 0 Å². The SMILES string of the molecule is CCc1cc(CC)c(-c2c(C)nn(-c3cccc(Oc4ccc5c6ccccc6n(-c6cc(F)ccn6)c5c4)c3)c2C)c(CC)c1. The summed E-state index contributed by atoms with van der Waals surface area (Å²) in [6.45, 7) is 10.9. The number of aryl methyl sites for hydroxylation is 4. The highest BCUT2D eigenvalue weighted by molar-refractivity contribution is 6.09. The number of fused-ring (bicyclic) bond motifs is 3. The first-order chi connectivity index (χ1) is 22.4. The van der Waals surface area contributed by atoms with Crippen LogP contribution in [0.25, 0.3) is 44.4 Å². The average molecular weight is 609 g/mol. The average Bonchev–Trinajstić information content (AvgIpc) is 3.56. The Hall–Kier alpha value is -5.23. The topological polar surface area (TPSA) is 44.9 Å². The molecule has 7 aromatic rings. The molecule has 6 heteroatoms.